The maximum Gasteiger partial charge on any atom is 0.335 e. The standard InChI is InChI=1S/C21H17ClN2O4S/c1-3-9-28-17-8-7-13(10-16(17)22)11-18-19(25)24(2)21(29-18)23-15-6-4-5-14(12-15)20(26)27/h3-8,10-12H,1,9H2,2H3,(H,26,27). The van der Waals surface area contributed by atoms with E-state index in [0.29, 0.717) is 33.1 Å². The van der Waals surface area contributed by atoms with Crippen LogP contribution in [-0.2, 0) is 4.79 Å². The highest BCUT2D eigenvalue weighted by atomic mass is 35.5. The number of carbonyl (C=O) groups is 2. The SMILES string of the molecule is C=CCOc1ccc(C=C2SC(=Nc3cccc(C(=O)O)c3)N(C)C2=O)cc1Cl. The van der Waals surface area contributed by atoms with Gasteiger partial charge in [-0.1, -0.05) is 36.4 Å². The van der Waals surface area contributed by atoms with E-state index in [2.05, 4.69) is 11.6 Å². The Kier molecular flexibility index (Phi) is 6.41. The van der Waals surface area contributed by atoms with Crippen LogP contribution in [0.15, 0.2) is 65.0 Å². The van der Waals surface area contributed by atoms with Gasteiger partial charge in [-0.15, -0.1) is 0 Å². The van der Waals surface area contributed by atoms with Crippen molar-refractivity contribution in [2.24, 2.45) is 4.99 Å². The van der Waals surface area contributed by atoms with Gasteiger partial charge in [-0.3, -0.25) is 9.69 Å². The molecule has 1 N–H and O–H groups in total. The summed E-state index contributed by atoms with van der Waals surface area (Å²) in [6.07, 6.45) is 3.35. The van der Waals surface area contributed by atoms with Gasteiger partial charge in [0.1, 0.15) is 12.4 Å². The van der Waals surface area contributed by atoms with E-state index in [4.69, 9.17) is 21.4 Å². The molecule has 148 valence electrons. The van der Waals surface area contributed by atoms with Crippen LogP contribution in [0.3, 0.4) is 0 Å². The van der Waals surface area contributed by atoms with E-state index in [1.54, 1.807) is 49.5 Å². The highest BCUT2D eigenvalue weighted by molar-refractivity contribution is 8.18. The molecule has 0 radical (unpaired) electrons. The van der Waals surface area contributed by atoms with E-state index in [9.17, 15) is 9.59 Å². The number of hydrogen-bond donors (Lipinski definition) is 1. The lowest BCUT2D eigenvalue weighted by Crippen LogP contribution is -2.23. The second-order valence-electron chi connectivity index (χ2n) is 6.01. The number of rotatable bonds is 6. The largest absolute Gasteiger partial charge is 0.488 e. The third-order valence-corrected chi connectivity index (χ3v) is 5.29. The molecule has 0 spiro atoms. The molecule has 0 saturated carbocycles. The molecule has 1 aliphatic rings. The molecule has 1 fully saturated rings. The number of halogens is 1. The molecule has 6 nitrogen and oxygen atoms in total. The van der Waals surface area contributed by atoms with E-state index in [-0.39, 0.29) is 11.5 Å². The number of carboxylic acids is 1. The van der Waals surface area contributed by atoms with Crippen LogP contribution in [0.4, 0.5) is 5.69 Å². The second-order valence-corrected chi connectivity index (χ2v) is 7.43. The minimum absolute atomic E-state index is 0.132. The molecule has 3 rings (SSSR count). The predicted octanol–water partition coefficient (Wildman–Crippen LogP) is 4.84. The summed E-state index contributed by atoms with van der Waals surface area (Å²) in [6, 6.07) is 11.5. The summed E-state index contributed by atoms with van der Waals surface area (Å²) in [5.41, 5.74) is 1.34. The molecule has 1 saturated heterocycles. The van der Waals surface area contributed by atoms with Crippen molar-refractivity contribution in [2.45, 2.75) is 0 Å². The first-order chi connectivity index (χ1) is 13.9. The van der Waals surface area contributed by atoms with Crippen LogP contribution in [-0.4, -0.2) is 40.7 Å². The topological polar surface area (TPSA) is 79.2 Å². The Balaban J connectivity index is 1.85. The van der Waals surface area contributed by atoms with Crippen LogP contribution < -0.4 is 4.74 Å². The number of carboxylic acid groups (broad SMARTS) is 1. The number of likely N-dealkylation sites (N-methyl/N-ethyl adjacent to an activating group) is 1. The summed E-state index contributed by atoms with van der Waals surface area (Å²) in [5, 5.41) is 10.0. The Labute approximate surface area is 177 Å². The van der Waals surface area contributed by atoms with Gasteiger partial charge in [-0.25, -0.2) is 9.79 Å². The fourth-order valence-electron chi connectivity index (χ4n) is 2.49. The minimum atomic E-state index is -1.03. The van der Waals surface area contributed by atoms with Crippen LogP contribution >= 0.6 is 23.4 Å². The van der Waals surface area contributed by atoms with Crippen LogP contribution in [0, 0.1) is 0 Å². The zero-order chi connectivity index (χ0) is 21.0. The molecule has 1 heterocycles. The van der Waals surface area contributed by atoms with Gasteiger partial charge >= 0.3 is 5.97 Å². The Morgan fingerprint density at radius 3 is 2.83 bits per heavy atom. The summed E-state index contributed by atoms with van der Waals surface area (Å²) in [6.45, 7) is 3.94. The maximum atomic E-state index is 12.6. The molecular weight excluding hydrogens is 412 g/mol. The van der Waals surface area contributed by atoms with E-state index >= 15 is 0 Å². The molecular formula is C21H17ClN2O4S. The summed E-state index contributed by atoms with van der Waals surface area (Å²) in [5.74, 6) is -0.698. The van der Waals surface area contributed by atoms with Crippen molar-refractivity contribution in [3.8, 4) is 5.75 Å². The van der Waals surface area contributed by atoms with Crippen molar-refractivity contribution >= 4 is 52.2 Å². The van der Waals surface area contributed by atoms with Gasteiger partial charge in [-0.2, -0.15) is 0 Å². The highest BCUT2D eigenvalue weighted by Crippen LogP contribution is 2.34. The molecule has 1 amide bonds. The third kappa shape index (κ3) is 4.88. The van der Waals surface area contributed by atoms with Crippen molar-refractivity contribution in [2.75, 3.05) is 13.7 Å². The van der Waals surface area contributed by atoms with Crippen molar-refractivity contribution in [1.82, 2.24) is 4.90 Å². The normalized spacial score (nSPS) is 16.5. The molecule has 0 aliphatic carbocycles. The van der Waals surface area contributed by atoms with Gasteiger partial charge in [0.25, 0.3) is 5.91 Å². The number of thioether (sulfide) groups is 1. The van der Waals surface area contributed by atoms with Gasteiger partial charge in [0.2, 0.25) is 0 Å². The van der Waals surface area contributed by atoms with E-state index in [0.717, 1.165) is 5.56 Å². The summed E-state index contributed by atoms with van der Waals surface area (Å²) in [7, 11) is 1.62. The maximum absolute atomic E-state index is 12.6. The van der Waals surface area contributed by atoms with Gasteiger partial charge in [-0.05, 0) is 53.7 Å². The molecule has 0 atom stereocenters. The summed E-state index contributed by atoms with van der Waals surface area (Å²) in [4.78, 5) is 30.0. The lowest BCUT2D eigenvalue weighted by Gasteiger charge is -2.07. The molecule has 2 aromatic carbocycles. The first-order valence-electron chi connectivity index (χ1n) is 8.52. The Bertz CT molecular complexity index is 1050. The van der Waals surface area contributed by atoms with Crippen molar-refractivity contribution in [3.63, 3.8) is 0 Å². The lowest BCUT2D eigenvalue weighted by molar-refractivity contribution is -0.121. The van der Waals surface area contributed by atoms with Crippen LogP contribution in [0.25, 0.3) is 6.08 Å². The smallest absolute Gasteiger partial charge is 0.335 e. The van der Waals surface area contributed by atoms with E-state index in [1.165, 1.54) is 28.8 Å². The number of aromatic carboxylic acids is 1. The monoisotopic (exact) mass is 428 g/mol. The number of ether oxygens (including phenoxy) is 1. The zero-order valence-corrected chi connectivity index (χ0v) is 17.0. The van der Waals surface area contributed by atoms with Crippen LogP contribution in [0.2, 0.25) is 5.02 Å². The first-order valence-corrected chi connectivity index (χ1v) is 9.71. The molecule has 0 bridgehead atoms. The Morgan fingerprint density at radius 1 is 1.34 bits per heavy atom. The number of aliphatic imine (C=N–C) groups is 1. The molecule has 29 heavy (non-hydrogen) atoms. The first kappa shape index (κ1) is 20.7. The van der Waals surface area contributed by atoms with Gasteiger partial charge < -0.3 is 9.84 Å². The van der Waals surface area contributed by atoms with Crippen LogP contribution in [0.1, 0.15) is 15.9 Å². The van der Waals surface area contributed by atoms with Crippen molar-refractivity contribution < 1.29 is 19.4 Å². The average Bonchev–Trinajstić information content (AvgIpc) is 2.95. The predicted molar refractivity (Wildman–Crippen MR) is 116 cm³/mol. The third-order valence-electron chi connectivity index (χ3n) is 3.93. The van der Waals surface area contributed by atoms with Gasteiger partial charge in [0.05, 0.1) is 21.2 Å². The number of amides is 1. The number of hydrogen-bond acceptors (Lipinski definition) is 5. The number of nitrogens with zero attached hydrogens (tertiary/aromatic N) is 2. The fourth-order valence-corrected chi connectivity index (χ4v) is 3.72. The van der Waals surface area contributed by atoms with Crippen molar-refractivity contribution in [3.05, 3.63) is 76.2 Å². The number of amidine groups is 1. The van der Waals surface area contributed by atoms with Gasteiger partial charge in [0.15, 0.2) is 5.17 Å². The minimum Gasteiger partial charge on any atom is -0.488 e. The Morgan fingerprint density at radius 2 is 2.14 bits per heavy atom. The summed E-state index contributed by atoms with van der Waals surface area (Å²) >= 11 is 7.44. The number of benzene rings is 2. The highest BCUT2D eigenvalue weighted by Gasteiger charge is 2.30. The molecule has 1 aliphatic heterocycles. The lowest BCUT2D eigenvalue weighted by atomic mass is 10.2. The molecule has 0 aromatic heterocycles. The van der Waals surface area contributed by atoms with Crippen LogP contribution in [0.5, 0.6) is 5.75 Å². The van der Waals surface area contributed by atoms with E-state index in [1.807, 2.05) is 0 Å². The average molecular weight is 429 g/mol. The van der Waals surface area contributed by atoms with Gasteiger partial charge in [0, 0.05) is 7.05 Å². The second kappa shape index (κ2) is 8.98. The zero-order valence-electron chi connectivity index (χ0n) is 15.5. The molecule has 2 aromatic rings. The molecule has 8 heteroatoms. The van der Waals surface area contributed by atoms with E-state index < -0.39 is 5.97 Å². The summed E-state index contributed by atoms with van der Waals surface area (Å²) < 4.78 is 5.45. The Hall–Kier alpha value is -3.03. The molecule has 0 unspecified atom stereocenters. The quantitative estimate of drug-likeness (QED) is 0.526. The van der Waals surface area contributed by atoms with Crippen molar-refractivity contribution in [1.29, 1.82) is 0 Å². The fraction of sp³-hybridized carbons (Fsp3) is 0.0952. The number of carbonyl (C=O) groups excluding carboxylic acids is 1.